The number of hydrogen-bond donors (Lipinski definition) is 1. The highest BCUT2D eigenvalue weighted by molar-refractivity contribution is 9.10. The van der Waals surface area contributed by atoms with Crippen LogP contribution in [0.4, 0.5) is 0 Å². The average molecular weight is 469 g/mol. The average Bonchev–Trinajstić information content (AvgIpc) is 2.71. The summed E-state index contributed by atoms with van der Waals surface area (Å²) < 4.78 is 1.88. The van der Waals surface area contributed by atoms with Gasteiger partial charge >= 0.3 is 0 Å². The first-order chi connectivity index (χ1) is 13.9. The van der Waals surface area contributed by atoms with Gasteiger partial charge in [0.15, 0.2) is 5.82 Å². The lowest BCUT2D eigenvalue weighted by atomic mass is 10.1. The number of nitrogens with zero attached hydrogens (tertiary/aromatic N) is 2. The van der Waals surface area contributed by atoms with Crippen LogP contribution in [0.2, 0.25) is 5.02 Å². The third-order valence-electron chi connectivity index (χ3n) is 4.44. The number of halogens is 2. The van der Waals surface area contributed by atoms with Crippen LogP contribution < -0.4 is 11.0 Å². The first-order valence-electron chi connectivity index (χ1n) is 8.79. The van der Waals surface area contributed by atoms with Gasteiger partial charge in [0.05, 0.1) is 21.5 Å². The van der Waals surface area contributed by atoms with Gasteiger partial charge in [-0.3, -0.25) is 15.0 Å². The molecular weight excluding hydrogens is 454 g/mol. The molecule has 0 aliphatic carbocycles. The number of carbonyl (C=O) groups is 1. The van der Waals surface area contributed by atoms with Gasteiger partial charge in [0.1, 0.15) is 0 Å². The maximum Gasteiger partial charge on any atom is 0.280 e. The molecule has 0 bridgehead atoms. The van der Waals surface area contributed by atoms with Gasteiger partial charge in [0.2, 0.25) is 0 Å². The van der Waals surface area contributed by atoms with Crippen LogP contribution in [-0.4, -0.2) is 15.6 Å². The highest BCUT2D eigenvalue weighted by Crippen LogP contribution is 2.23. The monoisotopic (exact) mass is 467 g/mol. The van der Waals surface area contributed by atoms with E-state index in [-0.39, 0.29) is 16.1 Å². The normalized spacial score (nSPS) is 10.9. The van der Waals surface area contributed by atoms with Gasteiger partial charge in [-0.05, 0) is 43.3 Å². The summed E-state index contributed by atoms with van der Waals surface area (Å²) >= 11 is 9.52. The number of para-hydroxylation sites is 1. The van der Waals surface area contributed by atoms with E-state index < -0.39 is 5.91 Å². The summed E-state index contributed by atoms with van der Waals surface area (Å²) in [5.41, 5.74) is 4.83. The van der Waals surface area contributed by atoms with Crippen molar-refractivity contribution in [2.45, 2.75) is 6.92 Å². The Kier molecular flexibility index (Phi) is 5.22. The number of carbonyl (C=O) groups excluding carboxylic acids is 1. The van der Waals surface area contributed by atoms with Gasteiger partial charge in [-0.25, -0.2) is 4.98 Å². The van der Waals surface area contributed by atoms with E-state index in [2.05, 4.69) is 26.3 Å². The minimum Gasteiger partial charge on any atom is -0.267 e. The number of rotatable bonds is 3. The van der Waals surface area contributed by atoms with Gasteiger partial charge in [0.25, 0.3) is 11.5 Å². The van der Waals surface area contributed by atoms with Crippen molar-refractivity contribution in [2.75, 3.05) is 5.43 Å². The van der Waals surface area contributed by atoms with Crippen LogP contribution in [0, 0.1) is 6.92 Å². The first-order valence-corrected chi connectivity index (χ1v) is 9.96. The Morgan fingerprint density at radius 1 is 1.07 bits per heavy atom. The first kappa shape index (κ1) is 19.4. The van der Waals surface area contributed by atoms with Crippen molar-refractivity contribution in [1.82, 2.24) is 9.66 Å². The van der Waals surface area contributed by atoms with E-state index >= 15 is 0 Å². The summed E-state index contributed by atoms with van der Waals surface area (Å²) in [5, 5.41) is 0.689. The van der Waals surface area contributed by atoms with Crippen LogP contribution >= 0.6 is 27.5 Å². The number of aryl methyl sites for hydroxylation is 1. The molecule has 0 spiro atoms. The summed E-state index contributed by atoms with van der Waals surface area (Å²) in [6.45, 7) is 1.95. The summed E-state index contributed by atoms with van der Waals surface area (Å²) in [5.74, 6) is -0.166. The Morgan fingerprint density at radius 3 is 2.66 bits per heavy atom. The number of benzene rings is 3. The molecule has 4 aromatic rings. The van der Waals surface area contributed by atoms with Gasteiger partial charge in [-0.2, -0.15) is 4.68 Å². The third-order valence-corrected chi connectivity index (χ3v) is 5.26. The van der Waals surface area contributed by atoms with E-state index in [4.69, 9.17) is 11.6 Å². The lowest BCUT2D eigenvalue weighted by molar-refractivity contribution is 0.101. The molecule has 1 aromatic heterocycles. The SMILES string of the molecule is Cc1cccc(-c2nc3ccccc3c(=O)n2NC(=O)c2cc(Br)ccc2Cl)c1. The van der Waals surface area contributed by atoms with Crippen LogP contribution in [0.25, 0.3) is 22.3 Å². The standard InChI is InChI=1S/C22H15BrClN3O2/c1-13-5-4-6-14(11-13)20-25-19-8-3-2-7-16(19)22(29)27(20)26-21(28)17-12-15(23)9-10-18(17)24/h2-12H,1H3,(H,26,28). The molecule has 1 amide bonds. The third kappa shape index (κ3) is 3.81. The Morgan fingerprint density at radius 2 is 1.86 bits per heavy atom. The van der Waals surface area contributed by atoms with Gasteiger partial charge < -0.3 is 0 Å². The highest BCUT2D eigenvalue weighted by atomic mass is 79.9. The molecule has 0 unspecified atom stereocenters. The van der Waals surface area contributed by atoms with Gasteiger partial charge in [0, 0.05) is 10.0 Å². The van der Waals surface area contributed by atoms with Crippen LogP contribution in [0.3, 0.4) is 0 Å². The van der Waals surface area contributed by atoms with E-state index in [9.17, 15) is 9.59 Å². The summed E-state index contributed by atoms with van der Waals surface area (Å²) in [4.78, 5) is 30.8. The molecule has 1 heterocycles. The van der Waals surface area contributed by atoms with E-state index in [0.717, 1.165) is 5.56 Å². The fourth-order valence-corrected chi connectivity index (χ4v) is 3.61. The molecule has 0 atom stereocenters. The Balaban J connectivity index is 1.91. The van der Waals surface area contributed by atoms with E-state index in [0.29, 0.717) is 26.8 Å². The number of hydrogen-bond acceptors (Lipinski definition) is 3. The molecule has 144 valence electrons. The molecule has 0 fully saturated rings. The van der Waals surface area contributed by atoms with E-state index in [1.807, 2.05) is 37.3 Å². The molecule has 4 rings (SSSR count). The Labute approximate surface area is 180 Å². The molecule has 0 saturated carbocycles. The fourth-order valence-electron chi connectivity index (χ4n) is 3.05. The van der Waals surface area contributed by atoms with Crippen molar-refractivity contribution in [1.29, 1.82) is 0 Å². The van der Waals surface area contributed by atoms with Crippen molar-refractivity contribution < 1.29 is 4.79 Å². The maximum atomic E-state index is 13.2. The number of aromatic nitrogens is 2. The molecule has 29 heavy (non-hydrogen) atoms. The zero-order chi connectivity index (χ0) is 20.5. The largest absolute Gasteiger partial charge is 0.280 e. The number of nitrogens with one attached hydrogen (secondary N) is 1. The summed E-state index contributed by atoms with van der Waals surface area (Å²) in [6.07, 6.45) is 0. The number of amides is 1. The predicted octanol–water partition coefficient (Wildman–Crippen LogP) is 5.17. The van der Waals surface area contributed by atoms with Gasteiger partial charge in [-0.15, -0.1) is 0 Å². The molecule has 1 N–H and O–H groups in total. The molecule has 0 saturated heterocycles. The molecule has 7 heteroatoms. The van der Waals surface area contributed by atoms with Gasteiger partial charge in [-0.1, -0.05) is 63.4 Å². The fraction of sp³-hybridized carbons (Fsp3) is 0.0455. The van der Waals surface area contributed by atoms with Crippen molar-refractivity contribution in [3.63, 3.8) is 0 Å². The quantitative estimate of drug-likeness (QED) is 0.451. The zero-order valence-corrected chi connectivity index (χ0v) is 17.7. The Bertz CT molecular complexity index is 1320. The van der Waals surface area contributed by atoms with Crippen LogP contribution in [0.5, 0.6) is 0 Å². The highest BCUT2D eigenvalue weighted by Gasteiger charge is 2.17. The minimum atomic E-state index is -0.510. The second-order valence-electron chi connectivity index (χ2n) is 6.53. The molecule has 0 aliphatic rings. The Hall–Kier alpha value is -2.96. The van der Waals surface area contributed by atoms with Crippen molar-refractivity contribution >= 4 is 44.3 Å². The molecule has 0 radical (unpaired) electrons. The smallest absolute Gasteiger partial charge is 0.267 e. The lowest BCUT2D eigenvalue weighted by Crippen LogP contribution is -2.35. The zero-order valence-electron chi connectivity index (χ0n) is 15.3. The second-order valence-corrected chi connectivity index (χ2v) is 7.85. The molecule has 0 aliphatic heterocycles. The minimum absolute atomic E-state index is 0.247. The summed E-state index contributed by atoms with van der Waals surface area (Å²) in [6, 6.07) is 19.6. The van der Waals surface area contributed by atoms with Crippen molar-refractivity contribution in [3.05, 3.63) is 97.7 Å². The summed E-state index contributed by atoms with van der Waals surface area (Å²) in [7, 11) is 0. The van der Waals surface area contributed by atoms with E-state index in [1.165, 1.54) is 4.68 Å². The van der Waals surface area contributed by atoms with Crippen LogP contribution in [0.1, 0.15) is 15.9 Å². The van der Waals surface area contributed by atoms with Crippen molar-refractivity contribution in [2.24, 2.45) is 0 Å². The van der Waals surface area contributed by atoms with Crippen LogP contribution in [-0.2, 0) is 0 Å². The van der Waals surface area contributed by atoms with Crippen LogP contribution in [0.15, 0.2) is 76.0 Å². The molecule has 5 nitrogen and oxygen atoms in total. The van der Waals surface area contributed by atoms with Crippen molar-refractivity contribution in [3.8, 4) is 11.4 Å². The predicted molar refractivity (Wildman–Crippen MR) is 119 cm³/mol. The molecular formula is C22H15BrClN3O2. The maximum absolute atomic E-state index is 13.2. The number of fused-ring (bicyclic) bond motifs is 1. The topological polar surface area (TPSA) is 64.0 Å². The van der Waals surface area contributed by atoms with E-state index in [1.54, 1.807) is 36.4 Å². The molecule has 3 aromatic carbocycles. The lowest BCUT2D eigenvalue weighted by Gasteiger charge is -2.15. The second kappa shape index (κ2) is 7.81.